The van der Waals surface area contributed by atoms with Crippen molar-refractivity contribution in [2.75, 3.05) is 20.3 Å². The van der Waals surface area contributed by atoms with Gasteiger partial charge >= 0.3 is 0 Å². The molecule has 1 aromatic heterocycles. The fraction of sp³-hybridized carbons (Fsp3) is 0.444. The van der Waals surface area contributed by atoms with Crippen molar-refractivity contribution in [3.8, 4) is 11.5 Å². The molecule has 3 rings (SSSR count). The molecule has 1 amide bonds. The van der Waals surface area contributed by atoms with Gasteiger partial charge in [0, 0.05) is 30.5 Å². The van der Waals surface area contributed by atoms with Gasteiger partial charge in [0.05, 0.1) is 13.7 Å². The predicted octanol–water partition coefficient (Wildman–Crippen LogP) is 2.79. The Balaban J connectivity index is 1.56. The summed E-state index contributed by atoms with van der Waals surface area (Å²) in [6, 6.07) is 7.52. The Morgan fingerprint density at radius 2 is 2.25 bits per heavy atom. The first-order valence-electron chi connectivity index (χ1n) is 8.11. The molecule has 1 aromatic carbocycles. The van der Waals surface area contributed by atoms with Crippen LogP contribution in [0, 0.1) is 5.92 Å². The molecule has 1 atom stereocenters. The summed E-state index contributed by atoms with van der Waals surface area (Å²) < 4.78 is 16.1. The van der Waals surface area contributed by atoms with Crippen molar-refractivity contribution in [3.63, 3.8) is 0 Å². The minimum absolute atomic E-state index is 0.208. The highest BCUT2D eigenvalue weighted by Gasteiger charge is 2.22. The summed E-state index contributed by atoms with van der Waals surface area (Å²) in [6.45, 7) is 5.09. The van der Waals surface area contributed by atoms with Crippen LogP contribution in [-0.2, 0) is 6.42 Å². The van der Waals surface area contributed by atoms with Gasteiger partial charge in [0.2, 0.25) is 0 Å². The quantitative estimate of drug-likeness (QED) is 0.912. The molecule has 0 radical (unpaired) electrons. The van der Waals surface area contributed by atoms with Crippen LogP contribution >= 0.6 is 0 Å². The molecule has 0 saturated heterocycles. The highest BCUT2D eigenvalue weighted by Crippen LogP contribution is 2.30. The van der Waals surface area contributed by atoms with Gasteiger partial charge in [-0.15, -0.1) is 0 Å². The van der Waals surface area contributed by atoms with Gasteiger partial charge in [0.15, 0.2) is 5.69 Å². The van der Waals surface area contributed by atoms with Gasteiger partial charge in [-0.1, -0.05) is 25.1 Å². The molecule has 6 heteroatoms. The van der Waals surface area contributed by atoms with Gasteiger partial charge in [-0.2, -0.15) is 0 Å². The molecule has 2 aromatic rings. The van der Waals surface area contributed by atoms with E-state index in [1.807, 2.05) is 32.0 Å². The summed E-state index contributed by atoms with van der Waals surface area (Å²) in [5.41, 5.74) is 1.45. The zero-order valence-corrected chi connectivity index (χ0v) is 14.2. The summed E-state index contributed by atoms with van der Waals surface area (Å²) in [5.74, 6) is 2.57. The van der Waals surface area contributed by atoms with Crippen molar-refractivity contribution in [2.45, 2.75) is 26.2 Å². The molecule has 0 spiro atoms. The number of carbonyl (C=O) groups is 1. The lowest BCUT2D eigenvalue weighted by molar-refractivity contribution is 0.0930. The highest BCUT2D eigenvalue weighted by atomic mass is 16.5. The number of ether oxygens (including phenoxy) is 2. The van der Waals surface area contributed by atoms with Gasteiger partial charge in [0.25, 0.3) is 5.91 Å². The van der Waals surface area contributed by atoms with E-state index in [0.717, 1.165) is 23.5 Å². The van der Waals surface area contributed by atoms with Crippen molar-refractivity contribution >= 4 is 5.91 Å². The summed E-state index contributed by atoms with van der Waals surface area (Å²) in [4.78, 5) is 12.2. The summed E-state index contributed by atoms with van der Waals surface area (Å²) in [5, 5.41) is 6.73. The van der Waals surface area contributed by atoms with E-state index in [1.54, 1.807) is 13.2 Å². The number of aromatic nitrogens is 1. The smallest absolute Gasteiger partial charge is 0.273 e. The molecule has 0 fully saturated rings. The predicted molar refractivity (Wildman–Crippen MR) is 88.6 cm³/mol. The van der Waals surface area contributed by atoms with Crippen LogP contribution in [0.4, 0.5) is 0 Å². The van der Waals surface area contributed by atoms with Crippen LogP contribution in [0.2, 0.25) is 0 Å². The monoisotopic (exact) mass is 330 g/mol. The fourth-order valence-corrected chi connectivity index (χ4v) is 2.67. The minimum Gasteiger partial charge on any atom is -0.497 e. The Morgan fingerprint density at radius 1 is 1.42 bits per heavy atom. The van der Waals surface area contributed by atoms with E-state index in [-0.39, 0.29) is 17.7 Å². The van der Waals surface area contributed by atoms with Crippen molar-refractivity contribution < 1.29 is 18.8 Å². The molecule has 2 heterocycles. The minimum atomic E-state index is -0.217. The topological polar surface area (TPSA) is 73.6 Å². The lowest BCUT2D eigenvalue weighted by Gasteiger charge is -2.25. The molecule has 6 nitrogen and oxygen atoms in total. The first-order chi connectivity index (χ1) is 11.6. The van der Waals surface area contributed by atoms with E-state index in [2.05, 4.69) is 10.5 Å². The highest BCUT2D eigenvalue weighted by molar-refractivity contribution is 5.92. The zero-order chi connectivity index (χ0) is 17.1. The van der Waals surface area contributed by atoms with Crippen LogP contribution in [0.15, 0.2) is 28.8 Å². The number of fused-ring (bicyclic) bond motifs is 1. The molecule has 128 valence electrons. The summed E-state index contributed by atoms with van der Waals surface area (Å²) >= 11 is 0. The number of benzene rings is 1. The Morgan fingerprint density at radius 3 is 2.96 bits per heavy atom. The second kappa shape index (κ2) is 6.95. The van der Waals surface area contributed by atoms with Crippen LogP contribution in [0.25, 0.3) is 0 Å². The number of methoxy groups -OCH3 is 1. The average Bonchev–Trinajstić information content (AvgIpc) is 3.09. The zero-order valence-electron chi connectivity index (χ0n) is 14.2. The van der Waals surface area contributed by atoms with E-state index in [9.17, 15) is 4.79 Å². The second-order valence-electron chi connectivity index (χ2n) is 6.33. The van der Waals surface area contributed by atoms with E-state index in [1.165, 1.54) is 0 Å². The maximum Gasteiger partial charge on any atom is 0.273 e. The Kier molecular flexibility index (Phi) is 4.74. The van der Waals surface area contributed by atoms with Gasteiger partial charge in [-0.05, 0) is 18.1 Å². The molecule has 0 unspecified atom stereocenters. The van der Waals surface area contributed by atoms with Gasteiger partial charge in [0.1, 0.15) is 17.3 Å². The first kappa shape index (κ1) is 16.4. The number of nitrogens with one attached hydrogen (secondary N) is 1. The molecule has 1 N–H and O–H groups in total. The Labute approximate surface area is 141 Å². The van der Waals surface area contributed by atoms with Crippen LogP contribution in [0.5, 0.6) is 11.5 Å². The van der Waals surface area contributed by atoms with E-state index in [4.69, 9.17) is 14.0 Å². The normalized spacial score (nSPS) is 16.4. The van der Waals surface area contributed by atoms with Crippen molar-refractivity contribution in [3.05, 3.63) is 41.3 Å². The molecular weight excluding hydrogens is 308 g/mol. The number of rotatable bonds is 5. The molecule has 0 saturated carbocycles. The van der Waals surface area contributed by atoms with Gasteiger partial charge in [-0.3, -0.25) is 4.79 Å². The van der Waals surface area contributed by atoms with Crippen LogP contribution in [0.1, 0.15) is 41.6 Å². The summed E-state index contributed by atoms with van der Waals surface area (Å²) in [7, 11) is 1.64. The molecule has 0 bridgehead atoms. The molecular formula is C18H22N2O4. The standard InChI is InChI=1S/C18H22N2O4/c1-11(2)16-8-15(20-24-16)18(21)19-9-12-6-13-4-5-14(22-3)7-17(13)23-10-12/h4-5,7-8,11-12H,6,9-10H2,1-3H3,(H,19,21)/t12-/m1/s1. The number of hydrogen-bond donors (Lipinski definition) is 1. The molecule has 1 aliphatic heterocycles. The molecule has 24 heavy (non-hydrogen) atoms. The third kappa shape index (κ3) is 3.53. The average molecular weight is 330 g/mol. The van der Waals surface area contributed by atoms with Crippen molar-refractivity contribution in [2.24, 2.45) is 5.92 Å². The van der Waals surface area contributed by atoms with Crippen LogP contribution in [0.3, 0.4) is 0 Å². The number of amides is 1. The fourth-order valence-electron chi connectivity index (χ4n) is 2.67. The van der Waals surface area contributed by atoms with Crippen molar-refractivity contribution in [1.29, 1.82) is 0 Å². The lowest BCUT2D eigenvalue weighted by atomic mass is 9.96. The lowest BCUT2D eigenvalue weighted by Crippen LogP contribution is -2.34. The van der Waals surface area contributed by atoms with Gasteiger partial charge < -0.3 is 19.3 Å². The van der Waals surface area contributed by atoms with Gasteiger partial charge in [-0.25, -0.2) is 0 Å². The maximum absolute atomic E-state index is 12.2. The van der Waals surface area contributed by atoms with Crippen LogP contribution in [-0.4, -0.2) is 31.3 Å². The largest absolute Gasteiger partial charge is 0.497 e. The second-order valence-corrected chi connectivity index (χ2v) is 6.33. The number of carbonyl (C=O) groups excluding carboxylic acids is 1. The molecule has 1 aliphatic rings. The number of nitrogens with zero attached hydrogens (tertiary/aromatic N) is 1. The van der Waals surface area contributed by atoms with Crippen molar-refractivity contribution in [1.82, 2.24) is 10.5 Å². The maximum atomic E-state index is 12.2. The third-order valence-corrected chi connectivity index (χ3v) is 4.14. The Bertz CT molecular complexity index is 724. The van der Waals surface area contributed by atoms with Crippen LogP contribution < -0.4 is 14.8 Å². The Hall–Kier alpha value is -2.50. The summed E-state index contributed by atoms with van der Waals surface area (Å²) in [6.07, 6.45) is 0.857. The number of hydrogen-bond acceptors (Lipinski definition) is 5. The van der Waals surface area contributed by atoms with E-state index >= 15 is 0 Å². The molecule has 0 aliphatic carbocycles. The third-order valence-electron chi connectivity index (χ3n) is 4.14. The van der Waals surface area contributed by atoms with E-state index in [0.29, 0.717) is 24.6 Å². The first-order valence-corrected chi connectivity index (χ1v) is 8.11. The SMILES string of the molecule is COc1ccc2c(c1)OC[C@@H](CNC(=O)c1cc(C(C)C)on1)C2. The van der Waals surface area contributed by atoms with E-state index < -0.39 is 0 Å².